The molecule has 2 atom stereocenters. The predicted octanol–water partition coefficient (Wildman–Crippen LogP) is 1.99. The van der Waals surface area contributed by atoms with E-state index in [0.29, 0.717) is 6.10 Å². The Morgan fingerprint density at radius 2 is 2.00 bits per heavy atom. The Labute approximate surface area is 78.5 Å². The van der Waals surface area contributed by atoms with Crippen LogP contribution in [0, 0.1) is 0 Å². The van der Waals surface area contributed by atoms with E-state index in [1.54, 1.807) is 0 Å². The van der Waals surface area contributed by atoms with Gasteiger partial charge >= 0.3 is 0 Å². The molecule has 0 radical (unpaired) electrons. The van der Waals surface area contributed by atoms with Crippen LogP contribution in [-0.4, -0.2) is 19.0 Å². The molecule has 13 heavy (non-hydrogen) atoms. The zero-order valence-corrected chi connectivity index (χ0v) is 7.77. The van der Waals surface area contributed by atoms with Crippen LogP contribution >= 0.6 is 0 Å². The summed E-state index contributed by atoms with van der Waals surface area (Å²) >= 11 is 0. The van der Waals surface area contributed by atoms with Gasteiger partial charge in [0, 0.05) is 0 Å². The summed E-state index contributed by atoms with van der Waals surface area (Å²) in [7, 11) is 0. The average molecular weight is 178 g/mol. The number of benzene rings is 1. The van der Waals surface area contributed by atoms with Gasteiger partial charge in [-0.15, -0.1) is 0 Å². The van der Waals surface area contributed by atoms with Gasteiger partial charge in [-0.25, -0.2) is 0 Å². The van der Waals surface area contributed by atoms with E-state index in [4.69, 9.17) is 9.47 Å². The van der Waals surface area contributed by atoms with E-state index in [9.17, 15) is 0 Å². The average Bonchev–Trinajstić information content (AvgIpc) is 2.84. The standard InChI is InChI=1S/C11H14O2/c1-9-11(13-9)12-8-7-10-5-3-2-4-6-10/h2-6,9,11H,7-8H2,1H3. The molecule has 70 valence electrons. The van der Waals surface area contributed by atoms with Crippen molar-refractivity contribution in [2.75, 3.05) is 6.61 Å². The van der Waals surface area contributed by atoms with Crippen LogP contribution in [0.15, 0.2) is 30.3 Å². The number of epoxide rings is 1. The van der Waals surface area contributed by atoms with Crippen LogP contribution < -0.4 is 0 Å². The maximum Gasteiger partial charge on any atom is 0.184 e. The highest BCUT2D eigenvalue weighted by Gasteiger charge is 2.34. The Morgan fingerprint density at radius 1 is 1.31 bits per heavy atom. The third kappa shape index (κ3) is 2.54. The van der Waals surface area contributed by atoms with Crippen molar-refractivity contribution >= 4 is 0 Å². The van der Waals surface area contributed by atoms with Crippen molar-refractivity contribution in [2.45, 2.75) is 25.7 Å². The lowest BCUT2D eigenvalue weighted by molar-refractivity contribution is 0.0523. The van der Waals surface area contributed by atoms with Gasteiger partial charge in [0.05, 0.1) is 6.61 Å². The van der Waals surface area contributed by atoms with E-state index in [1.165, 1.54) is 5.56 Å². The molecule has 1 fully saturated rings. The van der Waals surface area contributed by atoms with E-state index in [-0.39, 0.29) is 6.29 Å². The molecule has 0 N–H and O–H groups in total. The first-order valence-corrected chi connectivity index (χ1v) is 4.67. The van der Waals surface area contributed by atoms with Crippen LogP contribution in [0.3, 0.4) is 0 Å². The molecular weight excluding hydrogens is 164 g/mol. The summed E-state index contributed by atoms with van der Waals surface area (Å²) in [5.41, 5.74) is 1.32. The topological polar surface area (TPSA) is 21.8 Å². The first kappa shape index (κ1) is 8.73. The highest BCUT2D eigenvalue weighted by molar-refractivity contribution is 5.14. The first-order valence-electron chi connectivity index (χ1n) is 4.67. The third-order valence-electron chi connectivity index (χ3n) is 2.17. The van der Waals surface area contributed by atoms with Gasteiger partial charge in [0.1, 0.15) is 6.10 Å². The maximum absolute atomic E-state index is 5.45. The molecule has 1 saturated heterocycles. The lowest BCUT2D eigenvalue weighted by Crippen LogP contribution is -2.02. The molecule has 2 nitrogen and oxygen atoms in total. The van der Waals surface area contributed by atoms with Crippen molar-refractivity contribution in [1.82, 2.24) is 0 Å². The molecule has 0 saturated carbocycles. The largest absolute Gasteiger partial charge is 0.350 e. The highest BCUT2D eigenvalue weighted by Crippen LogP contribution is 2.21. The Kier molecular flexibility index (Phi) is 2.62. The Morgan fingerprint density at radius 3 is 2.62 bits per heavy atom. The zero-order chi connectivity index (χ0) is 9.10. The second-order valence-corrected chi connectivity index (χ2v) is 3.32. The van der Waals surface area contributed by atoms with Crippen LogP contribution in [0.1, 0.15) is 12.5 Å². The first-order chi connectivity index (χ1) is 6.36. The fourth-order valence-corrected chi connectivity index (χ4v) is 1.28. The molecule has 0 amide bonds. The monoisotopic (exact) mass is 178 g/mol. The van der Waals surface area contributed by atoms with Crippen LogP contribution in [0.2, 0.25) is 0 Å². The summed E-state index contributed by atoms with van der Waals surface area (Å²) in [6, 6.07) is 10.3. The number of rotatable bonds is 4. The molecule has 0 spiro atoms. The third-order valence-corrected chi connectivity index (χ3v) is 2.17. The van der Waals surface area contributed by atoms with Crippen molar-refractivity contribution in [3.05, 3.63) is 35.9 Å². The van der Waals surface area contributed by atoms with E-state index >= 15 is 0 Å². The fourth-order valence-electron chi connectivity index (χ4n) is 1.28. The quantitative estimate of drug-likeness (QED) is 0.658. The number of hydrogen-bond donors (Lipinski definition) is 0. The van der Waals surface area contributed by atoms with Gasteiger partial charge in [0.15, 0.2) is 6.29 Å². The smallest absolute Gasteiger partial charge is 0.184 e. The summed E-state index contributed by atoms with van der Waals surface area (Å²) in [6.07, 6.45) is 1.33. The minimum atomic E-state index is 0.0590. The van der Waals surface area contributed by atoms with Gasteiger partial charge < -0.3 is 9.47 Å². The van der Waals surface area contributed by atoms with Crippen molar-refractivity contribution in [3.63, 3.8) is 0 Å². The Balaban J connectivity index is 1.68. The number of ether oxygens (including phenoxy) is 2. The lowest BCUT2D eigenvalue weighted by atomic mass is 10.2. The van der Waals surface area contributed by atoms with Gasteiger partial charge in [-0.1, -0.05) is 30.3 Å². The van der Waals surface area contributed by atoms with Crippen molar-refractivity contribution in [2.24, 2.45) is 0 Å². The molecule has 0 aromatic heterocycles. The molecule has 1 heterocycles. The summed E-state index contributed by atoms with van der Waals surface area (Å²) in [5.74, 6) is 0. The molecule has 1 aliphatic rings. The second kappa shape index (κ2) is 3.90. The maximum atomic E-state index is 5.45. The zero-order valence-electron chi connectivity index (χ0n) is 7.77. The minimum Gasteiger partial charge on any atom is -0.350 e. The summed E-state index contributed by atoms with van der Waals surface area (Å²) in [6.45, 7) is 2.77. The van der Waals surface area contributed by atoms with Gasteiger partial charge in [0.2, 0.25) is 0 Å². The van der Waals surface area contributed by atoms with Gasteiger partial charge in [-0.3, -0.25) is 0 Å². The second-order valence-electron chi connectivity index (χ2n) is 3.32. The minimum absolute atomic E-state index is 0.0590. The fraction of sp³-hybridized carbons (Fsp3) is 0.455. The molecule has 2 heteroatoms. The van der Waals surface area contributed by atoms with Crippen LogP contribution in [0.5, 0.6) is 0 Å². The van der Waals surface area contributed by atoms with Gasteiger partial charge in [-0.2, -0.15) is 0 Å². The molecule has 1 aromatic rings. The van der Waals surface area contributed by atoms with Crippen molar-refractivity contribution in [3.8, 4) is 0 Å². The Bertz CT molecular complexity index is 258. The van der Waals surface area contributed by atoms with Gasteiger partial charge in [0.25, 0.3) is 0 Å². The van der Waals surface area contributed by atoms with E-state index in [2.05, 4.69) is 12.1 Å². The predicted molar refractivity (Wildman–Crippen MR) is 50.4 cm³/mol. The molecular formula is C11H14O2. The SMILES string of the molecule is CC1OC1OCCc1ccccc1. The van der Waals surface area contributed by atoms with E-state index in [0.717, 1.165) is 13.0 Å². The van der Waals surface area contributed by atoms with Gasteiger partial charge in [-0.05, 0) is 18.9 Å². The summed E-state index contributed by atoms with van der Waals surface area (Å²) in [5, 5.41) is 0. The highest BCUT2D eigenvalue weighted by atomic mass is 16.8. The molecule has 2 unspecified atom stereocenters. The van der Waals surface area contributed by atoms with Crippen molar-refractivity contribution in [1.29, 1.82) is 0 Å². The molecule has 2 rings (SSSR count). The molecule has 1 aliphatic heterocycles. The van der Waals surface area contributed by atoms with E-state index < -0.39 is 0 Å². The van der Waals surface area contributed by atoms with Crippen LogP contribution in [-0.2, 0) is 15.9 Å². The molecule has 1 aromatic carbocycles. The lowest BCUT2D eigenvalue weighted by Gasteiger charge is -2.00. The molecule has 0 bridgehead atoms. The molecule has 0 aliphatic carbocycles. The van der Waals surface area contributed by atoms with E-state index in [1.807, 2.05) is 25.1 Å². The normalized spacial score (nSPS) is 25.9. The van der Waals surface area contributed by atoms with Crippen molar-refractivity contribution < 1.29 is 9.47 Å². The summed E-state index contributed by atoms with van der Waals surface area (Å²) in [4.78, 5) is 0. The summed E-state index contributed by atoms with van der Waals surface area (Å²) < 4.78 is 10.6. The number of hydrogen-bond acceptors (Lipinski definition) is 2. The Hall–Kier alpha value is -0.860. The van der Waals surface area contributed by atoms with Crippen LogP contribution in [0.4, 0.5) is 0 Å². The van der Waals surface area contributed by atoms with Crippen LogP contribution in [0.25, 0.3) is 0 Å².